The van der Waals surface area contributed by atoms with E-state index in [1.165, 1.54) is 0 Å². The standard InChI is InChI=1S/C21H26N2O5/c1-13-17(24)10-20(22-11-15-12-27-6-7-28-15)23-5-4-14-8-18(25-2)19(26-3)9-16(14)21(13)23/h8-10,15,22H,4-7,11-12H2,1-3H3/t15-/m1/s1. The van der Waals surface area contributed by atoms with Gasteiger partial charge in [-0.15, -0.1) is 0 Å². The van der Waals surface area contributed by atoms with Crippen LogP contribution in [0.25, 0.3) is 11.3 Å². The van der Waals surface area contributed by atoms with Crippen molar-refractivity contribution in [2.24, 2.45) is 0 Å². The monoisotopic (exact) mass is 386 g/mol. The van der Waals surface area contributed by atoms with Crippen molar-refractivity contribution in [3.63, 3.8) is 0 Å². The van der Waals surface area contributed by atoms with Gasteiger partial charge in [0.1, 0.15) is 5.82 Å². The Kier molecular flexibility index (Phi) is 5.28. The summed E-state index contributed by atoms with van der Waals surface area (Å²) in [7, 11) is 3.26. The number of methoxy groups -OCH3 is 2. The number of benzene rings is 1. The number of ether oxygens (including phenoxy) is 4. The van der Waals surface area contributed by atoms with Crippen LogP contribution in [0.2, 0.25) is 0 Å². The van der Waals surface area contributed by atoms with E-state index in [9.17, 15) is 4.79 Å². The molecule has 0 amide bonds. The second-order valence-corrected chi connectivity index (χ2v) is 7.08. The minimum Gasteiger partial charge on any atom is -0.493 e. The molecule has 1 aromatic heterocycles. The third-order valence-electron chi connectivity index (χ3n) is 5.42. The molecule has 0 bridgehead atoms. The molecule has 0 spiro atoms. The van der Waals surface area contributed by atoms with Crippen LogP contribution in [0.1, 0.15) is 11.1 Å². The molecule has 2 aliphatic heterocycles. The summed E-state index contributed by atoms with van der Waals surface area (Å²) in [4.78, 5) is 12.7. The summed E-state index contributed by atoms with van der Waals surface area (Å²) in [6, 6.07) is 5.65. The molecule has 2 aromatic rings. The molecular weight excluding hydrogens is 360 g/mol. The van der Waals surface area contributed by atoms with E-state index in [1.807, 2.05) is 19.1 Å². The van der Waals surface area contributed by atoms with E-state index in [2.05, 4.69) is 9.88 Å². The highest BCUT2D eigenvalue weighted by molar-refractivity contribution is 5.74. The highest BCUT2D eigenvalue weighted by Gasteiger charge is 2.24. The Morgan fingerprint density at radius 1 is 1.18 bits per heavy atom. The smallest absolute Gasteiger partial charge is 0.187 e. The maximum absolute atomic E-state index is 12.7. The van der Waals surface area contributed by atoms with Gasteiger partial charge < -0.3 is 28.8 Å². The summed E-state index contributed by atoms with van der Waals surface area (Å²) in [5.41, 5.74) is 3.84. The summed E-state index contributed by atoms with van der Waals surface area (Å²) >= 11 is 0. The Labute approximate surface area is 164 Å². The van der Waals surface area contributed by atoms with E-state index in [0.29, 0.717) is 37.9 Å². The topological polar surface area (TPSA) is 71.0 Å². The molecule has 7 nitrogen and oxygen atoms in total. The van der Waals surface area contributed by atoms with Crippen molar-refractivity contribution < 1.29 is 18.9 Å². The van der Waals surface area contributed by atoms with Crippen LogP contribution in [-0.2, 0) is 22.4 Å². The van der Waals surface area contributed by atoms with Crippen LogP contribution < -0.4 is 20.2 Å². The number of aryl methyl sites for hydroxylation is 1. The zero-order chi connectivity index (χ0) is 19.7. The molecule has 1 fully saturated rings. The molecule has 1 atom stereocenters. The maximum atomic E-state index is 12.7. The first kappa shape index (κ1) is 18.8. The first-order chi connectivity index (χ1) is 13.6. The number of nitrogens with one attached hydrogen (secondary N) is 1. The van der Waals surface area contributed by atoms with E-state index < -0.39 is 0 Å². The average molecular weight is 386 g/mol. The third-order valence-corrected chi connectivity index (χ3v) is 5.42. The predicted octanol–water partition coefficient (Wildman–Crippen LogP) is 2.22. The van der Waals surface area contributed by atoms with Crippen molar-refractivity contribution in [3.05, 3.63) is 39.5 Å². The number of rotatable bonds is 5. The molecular formula is C21H26N2O5. The van der Waals surface area contributed by atoms with Gasteiger partial charge in [-0.1, -0.05) is 0 Å². The summed E-state index contributed by atoms with van der Waals surface area (Å²) < 4.78 is 24.3. The van der Waals surface area contributed by atoms with E-state index >= 15 is 0 Å². The number of anilines is 1. The first-order valence-electron chi connectivity index (χ1n) is 9.55. The largest absolute Gasteiger partial charge is 0.493 e. The van der Waals surface area contributed by atoms with Crippen LogP contribution >= 0.6 is 0 Å². The number of pyridine rings is 1. The summed E-state index contributed by atoms with van der Waals surface area (Å²) in [6.45, 7) is 5.06. The van der Waals surface area contributed by atoms with Gasteiger partial charge >= 0.3 is 0 Å². The number of fused-ring (bicyclic) bond motifs is 3. The molecule has 2 aliphatic rings. The van der Waals surface area contributed by atoms with Crippen molar-refractivity contribution in [2.75, 3.05) is 45.9 Å². The highest BCUT2D eigenvalue weighted by Crippen LogP contribution is 2.40. The Morgan fingerprint density at radius 2 is 1.96 bits per heavy atom. The number of nitrogens with zero attached hydrogens (tertiary/aromatic N) is 1. The lowest BCUT2D eigenvalue weighted by Crippen LogP contribution is -2.35. The lowest BCUT2D eigenvalue weighted by molar-refractivity contribution is -0.0819. The van der Waals surface area contributed by atoms with Crippen LogP contribution in [-0.4, -0.2) is 51.3 Å². The summed E-state index contributed by atoms with van der Waals surface area (Å²) in [5.74, 6) is 2.17. The molecule has 3 heterocycles. The molecule has 7 heteroatoms. The fourth-order valence-corrected chi connectivity index (χ4v) is 3.93. The molecule has 0 unspecified atom stereocenters. The third kappa shape index (κ3) is 3.36. The van der Waals surface area contributed by atoms with E-state index in [4.69, 9.17) is 18.9 Å². The second-order valence-electron chi connectivity index (χ2n) is 7.08. The molecule has 150 valence electrons. The molecule has 28 heavy (non-hydrogen) atoms. The van der Waals surface area contributed by atoms with Gasteiger partial charge in [-0.3, -0.25) is 4.79 Å². The number of hydrogen-bond acceptors (Lipinski definition) is 6. The van der Waals surface area contributed by atoms with Crippen molar-refractivity contribution in [3.8, 4) is 22.8 Å². The SMILES string of the molecule is COc1cc2c(cc1OC)-c1c(C)c(=O)cc(NC[C@@H]3COCCO3)n1CC2. The van der Waals surface area contributed by atoms with Gasteiger partial charge in [0.25, 0.3) is 0 Å². The molecule has 0 saturated carbocycles. The van der Waals surface area contributed by atoms with Crippen LogP contribution in [0.4, 0.5) is 5.82 Å². The van der Waals surface area contributed by atoms with Gasteiger partial charge in [0, 0.05) is 30.3 Å². The Balaban J connectivity index is 1.74. The second kappa shape index (κ2) is 7.85. The first-order valence-corrected chi connectivity index (χ1v) is 9.55. The van der Waals surface area contributed by atoms with Crippen LogP contribution in [0.5, 0.6) is 11.5 Å². The lowest BCUT2D eigenvalue weighted by atomic mass is 9.93. The van der Waals surface area contributed by atoms with Gasteiger partial charge in [-0.25, -0.2) is 0 Å². The fraction of sp³-hybridized carbons (Fsp3) is 0.476. The van der Waals surface area contributed by atoms with Gasteiger partial charge in [-0.2, -0.15) is 0 Å². The molecule has 1 saturated heterocycles. The van der Waals surface area contributed by atoms with Gasteiger partial charge in [0.2, 0.25) is 0 Å². The summed E-state index contributed by atoms with van der Waals surface area (Å²) in [6.07, 6.45) is 0.838. The average Bonchev–Trinajstić information content (AvgIpc) is 2.74. The molecule has 0 radical (unpaired) electrons. The normalized spacial score (nSPS) is 18.2. The van der Waals surface area contributed by atoms with E-state index in [-0.39, 0.29) is 11.5 Å². The zero-order valence-electron chi connectivity index (χ0n) is 16.5. The van der Waals surface area contributed by atoms with Crippen LogP contribution in [0.15, 0.2) is 23.0 Å². The maximum Gasteiger partial charge on any atom is 0.187 e. The predicted molar refractivity (Wildman–Crippen MR) is 107 cm³/mol. The van der Waals surface area contributed by atoms with Crippen molar-refractivity contribution in [2.45, 2.75) is 26.0 Å². The lowest BCUT2D eigenvalue weighted by Gasteiger charge is -2.29. The van der Waals surface area contributed by atoms with Crippen molar-refractivity contribution >= 4 is 5.82 Å². The molecule has 4 rings (SSSR count). The number of hydrogen-bond donors (Lipinski definition) is 1. The van der Waals surface area contributed by atoms with Crippen molar-refractivity contribution in [1.82, 2.24) is 4.57 Å². The zero-order valence-corrected chi connectivity index (χ0v) is 16.5. The molecule has 1 N–H and O–H groups in total. The Morgan fingerprint density at radius 3 is 2.68 bits per heavy atom. The number of aromatic nitrogens is 1. The Bertz CT molecular complexity index is 931. The quantitative estimate of drug-likeness (QED) is 0.850. The molecule has 0 aliphatic carbocycles. The van der Waals surface area contributed by atoms with Crippen molar-refractivity contribution in [1.29, 1.82) is 0 Å². The van der Waals surface area contributed by atoms with E-state index in [0.717, 1.165) is 41.2 Å². The van der Waals surface area contributed by atoms with Crippen LogP contribution in [0.3, 0.4) is 0 Å². The van der Waals surface area contributed by atoms with Gasteiger partial charge in [-0.05, 0) is 31.0 Å². The Hall–Kier alpha value is -2.51. The van der Waals surface area contributed by atoms with Gasteiger partial charge in [0.05, 0.1) is 45.8 Å². The molecule has 1 aromatic carbocycles. The van der Waals surface area contributed by atoms with Gasteiger partial charge in [0.15, 0.2) is 16.9 Å². The minimum absolute atomic E-state index is 0.0113. The van der Waals surface area contributed by atoms with E-state index in [1.54, 1.807) is 20.3 Å². The highest BCUT2D eigenvalue weighted by atomic mass is 16.6. The minimum atomic E-state index is -0.0124. The van der Waals surface area contributed by atoms with Crippen LogP contribution in [0, 0.1) is 6.92 Å². The summed E-state index contributed by atoms with van der Waals surface area (Å²) in [5, 5.41) is 3.39. The fourth-order valence-electron chi connectivity index (χ4n) is 3.93.